The van der Waals surface area contributed by atoms with Gasteiger partial charge in [0.1, 0.15) is 0 Å². The molecule has 0 amide bonds. The topological polar surface area (TPSA) is 60.9 Å². The quantitative estimate of drug-likeness (QED) is 0.866. The van der Waals surface area contributed by atoms with Crippen LogP contribution in [0.5, 0.6) is 0 Å². The fourth-order valence-electron chi connectivity index (χ4n) is 2.56. The SMILES string of the molecule is Cc1c(Br)cc(CO)cc1S(=O)(=O)N1CCC(N(C)C)C1. The van der Waals surface area contributed by atoms with Crippen molar-refractivity contribution in [3.8, 4) is 0 Å². The van der Waals surface area contributed by atoms with Gasteiger partial charge >= 0.3 is 0 Å². The third-order valence-corrected chi connectivity index (χ3v) is 6.83. The highest BCUT2D eigenvalue weighted by molar-refractivity contribution is 9.10. The van der Waals surface area contributed by atoms with Crippen molar-refractivity contribution in [2.24, 2.45) is 0 Å². The minimum atomic E-state index is -3.53. The molecule has 1 saturated heterocycles. The van der Waals surface area contributed by atoms with Crippen molar-refractivity contribution < 1.29 is 13.5 Å². The van der Waals surface area contributed by atoms with Crippen LogP contribution >= 0.6 is 15.9 Å². The molecule has 1 unspecified atom stereocenters. The van der Waals surface area contributed by atoms with Gasteiger partial charge in [0.25, 0.3) is 0 Å². The number of halogens is 1. The summed E-state index contributed by atoms with van der Waals surface area (Å²) in [4.78, 5) is 2.34. The van der Waals surface area contributed by atoms with Crippen molar-refractivity contribution in [2.75, 3.05) is 27.2 Å². The van der Waals surface area contributed by atoms with Gasteiger partial charge in [-0.25, -0.2) is 8.42 Å². The summed E-state index contributed by atoms with van der Waals surface area (Å²) in [6, 6.07) is 3.57. The van der Waals surface area contributed by atoms with E-state index in [2.05, 4.69) is 20.8 Å². The van der Waals surface area contributed by atoms with E-state index in [1.165, 1.54) is 4.31 Å². The molecule has 0 saturated carbocycles. The van der Waals surface area contributed by atoms with Crippen LogP contribution in [-0.4, -0.2) is 56.0 Å². The van der Waals surface area contributed by atoms with E-state index in [1.54, 1.807) is 19.1 Å². The lowest BCUT2D eigenvalue weighted by Crippen LogP contribution is -2.34. The van der Waals surface area contributed by atoms with Crippen molar-refractivity contribution in [3.05, 3.63) is 27.7 Å². The normalized spacial score (nSPS) is 20.4. The van der Waals surface area contributed by atoms with E-state index in [4.69, 9.17) is 0 Å². The average Bonchev–Trinajstić information content (AvgIpc) is 2.92. The molecule has 1 heterocycles. The molecule has 118 valence electrons. The first-order valence-electron chi connectivity index (χ1n) is 6.84. The molecule has 2 rings (SSSR count). The van der Waals surface area contributed by atoms with Crippen LogP contribution in [0.2, 0.25) is 0 Å². The van der Waals surface area contributed by atoms with E-state index in [1.807, 2.05) is 14.1 Å². The second-order valence-corrected chi connectivity index (χ2v) is 8.39. The number of rotatable bonds is 4. The van der Waals surface area contributed by atoms with Gasteiger partial charge in [0.2, 0.25) is 10.0 Å². The zero-order chi connectivity index (χ0) is 15.8. The Hall–Kier alpha value is -0.470. The lowest BCUT2D eigenvalue weighted by atomic mass is 10.2. The molecule has 7 heteroatoms. The summed E-state index contributed by atoms with van der Waals surface area (Å²) < 4.78 is 27.9. The van der Waals surface area contributed by atoms with Crippen LogP contribution in [0.1, 0.15) is 17.5 Å². The summed E-state index contributed by atoms with van der Waals surface area (Å²) >= 11 is 3.37. The van der Waals surface area contributed by atoms with Crippen molar-refractivity contribution >= 4 is 26.0 Å². The molecule has 1 fully saturated rings. The van der Waals surface area contributed by atoms with E-state index >= 15 is 0 Å². The monoisotopic (exact) mass is 376 g/mol. The molecule has 21 heavy (non-hydrogen) atoms. The van der Waals surface area contributed by atoms with E-state index in [9.17, 15) is 13.5 Å². The second kappa shape index (κ2) is 6.34. The zero-order valence-electron chi connectivity index (χ0n) is 12.5. The van der Waals surface area contributed by atoms with Gasteiger partial charge in [-0.3, -0.25) is 0 Å². The van der Waals surface area contributed by atoms with Crippen LogP contribution < -0.4 is 0 Å². The van der Waals surface area contributed by atoms with Crippen molar-refractivity contribution in [1.82, 2.24) is 9.21 Å². The van der Waals surface area contributed by atoms with Crippen molar-refractivity contribution in [1.29, 1.82) is 0 Å². The first-order valence-corrected chi connectivity index (χ1v) is 9.07. The molecular weight excluding hydrogens is 356 g/mol. The first kappa shape index (κ1) is 16.9. The maximum atomic E-state index is 12.8. The highest BCUT2D eigenvalue weighted by Gasteiger charge is 2.34. The molecule has 1 aliphatic rings. The largest absolute Gasteiger partial charge is 0.392 e. The third-order valence-electron chi connectivity index (χ3n) is 4.01. The Morgan fingerprint density at radius 1 is 1.43 bits per heavy atom. The summed E-state index contributed by atoms with van der Waals surface area (Å²) in [5.74, 6) is 0. The summed E-state index contributed by atoms with van der Waals surface area (Å²) in [7, 11) is 0.409. The van der Waals surface area contributed by atoms with Gasteiger partial charge in [-0.05, 0) is 50.7 Å². The van der Waals surface area contributed by atoms with E-state index in [-0.39, 0.29) is 17.5 Å². The molecular formula is C14H21BrN2O3S. The van der Waals surface area contributed by atoms with Crippen molar-refractivity contribution in [2.45, 2.75) is 30.9 Å². The van der Waals surface area contributed by atoms with Crippen LogP contribution in [0.3, 0.4) is 0 Å². The number of aliphatic hydroxyl groups is 1. The van der Waals surface area contributed by atoms with Gasteiger partial charge in [0.05, 0.1) is 11.5 Å². The summed E-state index contributed by atoms with van der Waals surface area (Å²) in [6.07, 6.45) is 0.839. The smallest absolute Gasteiger partial charge is 0.243 e. The van der Waals surface area contributed by atoms with Crippen molar-refractivity contribution in [3.63, 3.8) is 0 Å². The molecule has 1 atom stereocenters. The summed E-state index contributed by atoms with van der Waals surface area (Å²) in [5.41, 5.74) is 1.27. The van der Waals surface area contributed by atoms with Crippen LogP contribution in [0.25, 0.3) is 0 Å². The lowest BCUT2D eigenvalue weighted by Gasteiger charge is -2.21. The van der Waals surface area contributed by atoms with Gasteiger partial charge in [0.15, 0.2) is 0 Å². The summed E-state index contributed by atoms with van der Waals surface area (Å²) in [5, 5.41) is 9.29. The van der Waals surface area contributed by atoms with Gasteiger partial charge < -0.3 is 10.0 Å². The molecule has 0 radical (unpaired) electrons. The van der Waals surface area contributed by atoms with Gasteiger partial charge in [0, 0.05) is 23.6 Å². The van der Waals surface area contributed by atoms with E-state index < -0.39 is 10.0 Å². The number of sulfonamides is 1. The fraction of sp³-hybridized carbons (Fsp3) is 0.571. The van der Waals surface area contributed by atoms with Crippen LogP contribution in [0, 0.1) is 6.92 Å². The molecule has 1 N–H and O–H groups in total. The maximum Gasteiger partial charge on any atom is 0.243 e. The number of aliphatic hydroxyl groups excluding tert-OH is 1. The maximum absolute atomic E-state index is 12.8. The second-order valence-electron chi connectivity index (χ2n) is 5.63. The predicted octanol–water partition coefficient (Wildman–Crippen LogP) is 1.57. The minimum Gasteiger partial charge on any atom is -0.392 e. The Labute approximate surface area is 134 Å². The standard InChI is InChI=1S/C14H21BrN2O3S/c1-10-13(15)6-11(9-18)7-14(10)21(19,20)17-5-4-12(8-17)16(2)3/h6-7,12,18H,4-5,8-9H2,1-3H3. The number of hydrogen-bond donors (Lipinski definition) is 1. The average molecular weight is 377 g/mol. The first-order chi connectivity index (χ1) is 9.77. The van der Waals surface area contributed by atoms with E-state index in [0.29, 0.717) is 28.7 Å². The third kappa shape index (κ3) is 3.32. The molecule has 5 nitrogen and oxygen atoms in total. The number of hydrogen-bond acceptors (Lipinski definition) is 4. The molecule has 0 bridgehead atoms. The van der Waals surface area contributed by atoms with Crippen LogP contribution in [-0.2, 0) is 16.6 Å². The van der Waals surface area contributed by atoms with E-state index in [0.717, 1.165) is 6.42 Å². The number of benzene rings is 1. The Kier molecular flexibility index (Phi) is 5.10. The Balaban J connectivity index is 2.39. The molecule has 0 aromatic heterocycles. The molecule has 1 aromatic carbocycles. The molecule has 0 aliphatic carbocycles. The fourth-order valence-corrected chi connectivity index (χ4v) is 4.98. The molecule has 1 aliphatic heterocycles. The minimum absolute atomic E-state index is 0.179. The highest BCUT2D eigenvalue weighted by Crippen LogP contribution is 2.30. The highest BCUT2D eigenvalue weighted by atomic mass is 79.9. The van der Waals surface area contributed by atoms with Gasteiger partial charge in [-0.15, -0.1) is 0 Å². The number of likely N-dealkylation sites (N-methyl/N-ethyl adjacent to an activating group) is 1. The predicted molar refractivity (Wildman–Crippen MR) is 85.7 cm³/mol. The van der Waals surface area contributed by atoms with Crippen LogP contribution in [0.15, 0.2) is 21.5 Å². The number of nitrogens with zero attached hydrogens (tertiary/aromatic N) is 2. The lowest BCUT2D eigenvalue weighted by molar-refractivity contribution is 0.281. The van der Waals surface area contributed by atoms with Crippen LogP contribution in [0.4, 0.5) is 0 Å². The summed E-state index contributed by atoms with van der Waals surface area (Å²) in [6.45, 7) is 2.64. The zero-order valence-corrected chi connectivity index (χ0v) is 14.9. The Bertz CT molecular complexity index is 631. The molecule has 0 spiro atoms. The Morgan fingerprint density at radius 3 is 2.62 bits per heavy atom. The van der Waals surface area contributed by atoms with Gasteiger partial charge in [-0.1, -0.05) is 15.9 Å². The van der Waals surface area contributed by atoms with Gasteiger partial charge in [-0.2, -0.15) is 4.31 Å². The molecule has 1 aromatic rings. The Morgan fingerprint density at radius 2 is 2.10 bits per heavy atom.